The van der Waals surface area contributed by atoms with Crippen molar-refractivity contribution in [3.63, 3.8) is 0 Å². The molecular formula is C24H32N4O3. The largest absolute Gasteiger partial charge is 0.385 e. The Kier molecular flexibility index (Phi) is 5.13. The van der Waals surface area contributed by atoms with Crippen molar-refractivity contribution in [1.29, 1.82) is 0 Å². The summed E-state index contributed by atoms with van der Waals surface area (Å²) >= 11 is 0. The van der Waals surface area contributed by atoms with E-state index < -0.39 is 0 Å². The van der Waals surface area contributed by atoms with Crippen molar-refractivity contribution in [2.45, 2.75) is 37.8 Å². The van der Waals surface area contributed by atoms with Crippen molar-refractivity contribution in [2.24, 2.45) is 0 Å². The number of fused-ring (bicyclic) bond motifs is 1. The summed E-state index contributed by atoms with van der Waals surface area (Å²) in [6.45, 7) is 7.96. The zero-order valence-corrected chi connectivity index (χ0v) is 18.1. The van der Waals surface area contributed by atoms with Gasteiger partial charge in [-0.15, -0.1) is 0 Å². The number of amides is 1. The second-order valence-electron chi connectivity index (χ2n) is 9.36. The molecule has 0 bridgehead atoms. The van der Waals surface area contributed by atoms with Gasteiger partial charge in [-0.2, -0.15) is 0 Å². The number of nitrogens with one attached hydrogen (secondary N) is 1. The van der Waals surface area contributed by atoms with Gasteiger partial charge in [-0.05, 0) is 43.9 Å². The van der Waals surface area contributed by atoms with Crippen LogP contribution in [-0.4, -0.2) is 82.0 Å². The van der Waals surface area contributed by atoms with Gasteiger partial charge in [0.25, 0.3) is 5.91 Å². The van der Waals surface area contributed by atoms with Crippen LogP contribution in [0.2, 0.25) is 0 Å². The summed E-state index contributed by atoms with van der Waals surface area (Å²) in [6.07, 6.45) is 4.30. The highest BCUT2D eigenvalue weighted by atomic mass is 16.5. The van der Waals surface area contributed by atoms with Crippen molar-refractivity contribution >= 4 is 22.9 Å². The van der Waals surface area contributed by atoms with E-state index in [0.717, 1.165) is 94.5 Å². The van der Waals surface area contributed by atoms with Gasteiger partial charge in [0, 0.05) is 68.9 Å². The molecule has 6 rings (SSSR count). The maximum absolute atomic E-state index is 13.9. The number of carbonyl (C=O) groups is 1. The Hall–Kier alpha value is -2.09. The standard InChI is InChI=1S/C24H32N4O3/c29-24-23(21-14-27(10-7-25-21)19-15-31-16-19)20-13-18(26-8-1-2-9-26)3-4-22(20)28(24)17-5-11-30-12-6-17/h3-4,13,17,19,25H,1-2,5-12,14-16H2/b23-21-. The smallest absolute Gasteiger partial charge is 0.261 e. The third kappa shape index (κ3) is 3.43. The Balaban J connectivity index is 1.40. The minimum Gasteiger partial charge on any atom is -0.385 e. The summed E-state index contributed by atoms with van der Waals surface area (Å²) < 4.78 is 11.0. The van der Waals surface area contributed by atoms with E-state index in [-0.39, 0.29) is 11.9 Å². The molecule has 0 aliphatic carbocycles. The van der Waals surface area contributed by atoms with E-state index in [9.17, 15) is 4.79 Å². The predicted molar refractivity (Wildman–Crippen MR) is 120 cm³/mol. The quantitative estimate of drug-likeness (QED) is 0.748. The van der Waals surface area contributed by atoms with Crippen molar-refractivity contribution in [3.8, 4) is 0 Å². The fourth-order valence-electron chi connectivity index (χ4n) is 5.65. The molecule has 166 valence electrons. The number of piperazine rings is 1. The Bertz CT molecular complexity index is 885. The average molecular weight is 425 g/mol. The van der Waals surface area contributed by atoms with Gasteiger partial charge in [-0.1, -0.05) is 0 Å². The van der Waals surface area contributed by atoms with E-state index in [1.165, 1.54) is 18.5 Å². The molecule has 4 fully saturated rings. The molecule has 5 aliphatic heterocycles. The van der Waals surface area contributed by atoms with Crippen LogP contribution in [0.15, 0.2) is 23.9 Å². The maximum Gasteiger partial charge on any atom is 0.261 e. The zero-order chi connectivity index (χ0) is 20.8. The number of anilines is 2. The molecular weight excluding hydrogens is 392 g/mol. The molecule has 1 amide bonds. The van der Waals surface area contributed by atoms with Gasteiger partial charge < -0.3 is 24.6 Å². The lowest BCUT2D eigenvalue weighted by Crippen LogP contribution is -2.55. The van der Waals surface area contributed by atoms with E-state index in [1.54, 1.807) is 0 Å². The summed E-state index contributed by atoms with van der Waals surface area (Å²) in [5, 5.41) is 3.59. The topological polar surface area (TPSA) is 57.3 Å². The van der Waals surface area contributed by atoms with E-state index in [2.05, 4.69) is 38.2 Å². The first-order valence-electron chi connectivity index (χ1n) is 11.9. The Morgan fingerprint density at radius 3 is 2.52 bits per heavy atom. The Morgan fingerprint density at radius 2 is 1.77 bits per heavy atom. The van der Waals surface area contributed by atoms with Crippen LogP contribution in [0.4, 0.5) is 11.4 Å². The molecule has 0 spiro atoms. The SMILES string of the molecule is O=C1/C(=C2/CN(C3COC3)CCN2)c2cc(N3CCCC3)ccc2N1C1CCOCC1. The van der Waals surface area contributed by atoms with Crippen LogP contribution in [0.25, 0.3) is 5.57 Å². The minimum atomic E-state index is 0.162. The number of carbonyl (C=O) groups excluding carboxylic acids is 1. The second kappa shape index (κ2) is 8.11. The van der Waals surface area contributed by atoms with Crippen molar-refractivity contribution < 1.29 is 14.3 Å². The third-order valence-electron chi connectivity index (χ3n) is 7.51. The molecule has 5 aliphatic rings. The molecule has 0 radical (unpaired) electrons. The highest BCUT2D eigenvalue weighted by Crippen LogP contribution is 2.43. The Labute approximate surface area is 183 Å². The molecule has 7 heteroatoms. The van der Waals surface area contributed by atoms with Gasteiger partial charge in [0.15, 0.2) is 0 Å². The van der Waals surface area contributed by atoms with Gasteiger partial charge in [0.05, 0.1) is 30.5 Å². The lowest BCUT2D eigenvalue weighted by atomic mass is 10.0. The molecule has 31 heavy (non-hydrogen) atoms. The van der Waals surface area contributed by atoms with Crippen LogP contribution in [0.1, 0.15) is 31.2 Å². The third-order valence-corrected chi connectivity index (χ3v) is 7.51. The van der Waals surface area contributed by atoms with Crippen LogP contribution in [0, 0.1) is 0 Å². The fraction of sp³-hybridized carbons (Fsp3) is 0.625. The number of nitrogens with zero attached hydrogens (tertiary/aromatic N) is 3. The number of hydrogen-bond acceptors (Lipinski definition) is 6. The minimum absolute atomic E-state index is 0.162. The summed E-state index contributed by atoms with van der Waals surface area (Å²) in [6, 6.07) is 7.37. The van der Waals surface area contributed by atoms with E-state index in [1.807, 2.05) is 0 Å². The number of rotatable bonds is 3. The van der Waals surface area contributed by atoms with Crippen LogP contribution >= 0.6 is 0 Å². The molecule has 0 saturated carbocycles. The summed E-state index contributed by atoms with van der Waals surface area (Å²) in [4.78, 5) is 20.9. The highest BCUT2D eigenvalue weighted by Gasteiger charge is 2.41. The van der Waals surface area contributed by atoms with Gasteiger partial charge in [0.2, 0.25) is 0 Å². The number of ether oxygens (including phenoxy) is 2. The molecule has 0 unspecified atom stereocenters. The average Bonchev–Trinajstić information content (AvgIpc) is 3.39. The maximum atomic E-state index is 13.9. The first-order valence-corrected chi connectivity index (χ1v) is 11.9. The van der Waals surface area contributed by atoms with Gasteiger partial charge in [-0.3, -0.25) is 9.69 Å². The molecule has 4 saturated heterocycles. The van der Waals surface area contributed by atoms with Crippen LogP contribution in [0.5, 0.6) is 0 Å². The summed E-state index contributed by atoms with van der Waals surface area (Å²) in [5.74, 6) is 0.162. The van der Waals surface area contributed by atoms with Crippen molar-refractivity contribution in [2.75, 3.05) is 69.0 Å². The van der Waals surface area contributed by atoms with Gasteiger partial charge in [-0.25, -0.2) is 0 Å². The molecule has 1 aromatic carbocycles. The number of hydrogen-bond donors (Lipinski definition) is 1. The van der Waals surface area contributed by atoms with E-state index >= 15 is 0 Å². The van der Waals surface area contributed by atoms with Crippen LogP contribution in [-0.2, 0) is 14.3 Å². The lowest BCUT2D eigenvalue weighted by Gasteiger charge is -2.40. The van der Waals surface area contributed by atoms with E-state index in [4.69, 9.17) is 9.47 Å². The summed E-state index contributed by atoms with van der Waals surface area (Å²) in [7, 11) is 0. The Morgan fingerprint density at radius 1 is 0.968 bits per heavy atom. The monoisotopic (exact) mass is 424 g/mol. The predicted octanol–water partition coefficient (Wildman–Crippen LogP) is 1.83. The molecule has 0 atom stereocenters. The first kappa shape index (κ1) is 19.6. The zero-order valence-electron chi connectivity index (χ0n) is 18.1. The second-order valence-corrected chi connectivity index (χ2v) is 9.36. The lowest BCUT2D eigenvalue weighted by molar-refractivity contribution is -0.113. The number of benzene rings is 1. The van der Waals surface area contributed by atoms with Gasteiger partial charge in [0.1, 0.15) is 0 Å². The molecule has 0 aromatic heterocycles. The van der Waals surface area contributed by atoms with Crippen molar-refractivity contribution in [1.82, 2.24) is 10.2 Å². The van der Waals surface area contributed by atoms with E-state index in [0.29, 0.717) is 6.04 Å². The molecule has 7 nitrogen and oxygen atoms in total. The molecule has 5 heterocycles. The van der Waals surface area contributed by atoms with Crippen molar-refractivity contribution in [3.05, 3.63) is 29.5 Å². The molecule has 1 N–H and O–H groups in total. The van der Waals surface area contributed by atoms with Crippen LogP contribution in [0.3, 0.4) is 0 Å². The summed E-state index contributed by atoms with van der Waals surface area (Å²) in [5.41, 5.74) is 5.39. The highest BCUT2D eigenvalue weighted by molar-refractivity contribution is 6.33. The first-order chi connectivity index (χ1) is 15.3. The van der Waals surface area contributed by atoms with Gasteiger partial charge >= 0.3 is 0 Å². The normalized spacial score (nSPS) is 28.1. The fourth-order valence-corrected chi connectivity index (χ4v) is 5.65. The van der Waals surface area contributed by atoms with Crippen LogP contribution < -0.4 is 15.1 Å². The molecule has 1 aromatic rings.